The van der Waals surface area contributed by atoms with Crippen molar-refractivity contribution in [3.8, 4) is 0 Å². The molecule has 0 saturated heterocycles. The van der Waals surface area contributed by atoms with Crippen molar-refractivity contribution in [2.24, 2.45) is 11.7 Å². The van der Waals surface area contributed by atoms with E-state index < -0.39 is 5.82 Å². The normalized spacial score (nSPS) is 23.9. The Morgan fingerprint density at radius 1 is 1.47 bits per heavy atom. The molecular weight excluding hydrogens is 241 g/mol. The van der Waals surface area contributed by atoms with Crippen LogP contribution in [0.3, 0.4) is 0 Å². The lowest BCUT2D eigenvalue weighted by atomic mass is 9.94. The number of hydrogen-bond donors (Lipinski definition) is 1. The van der Waals surface area contributed by atoms with E-state index in [-0.39, 0.29) is 22.8 Å². The summed E-state index contributed by atoms with van der Waals surface area (Å²) >= 11 is 5.67. The lowest BCUT2D eigenvalue weighted by Crippen LogP contribution is -2.31. The summed E-state index contributed by atoms with van der Waals surface area (Å²) in [4.78, 5) is 12.0. The first-order valence-electron chi connectivity index (χ1n) is 5.80. The molecule has 17 heavy (non-hydrogen) atoms. The van der Waals surface area contributed by atoms with Crippen LogP contribution in [0.2, 0.25) is 5.02 Å². The monoisotopic (exact) mass is 255 g/mol. The maximum atomic E-state index is 13.0. The highest BCUT2D eigenvalue weighted by Gasteiger charge is 2.29. The molecule has 4 heteroatoms. The number of carbonyl (C=O) groups is 1. The zero-order valence-corrected chi connectivity index (χ0v) is 10.2. The number of rotatable bonds is 3. The van der Waals surface area contributed by atoms with E-state index in [4.69, 9.17) is 17.3 Å². The maximum Gasteiger partial charge on any atom is 0.141 e. The summed E-state index contributed by atoms with van der Waals surface area (Å²) < 4.78 is 13.0. The zero-order chi connectivity index (χ0) is 12.4. The summed E-state index contributed by atoms with van der Waals surface area (Å²) in [6, 6.07) is 4.38. The molecule has 0 spiro atoms. The predicted molar refractivity (Wildman–Crippen MR) is 65.4 cm³/mol. The molecule has 1 aliphatic carbocycles. The fourth-order valence-electron chi connectivity index (χ4n) is 2.37. The summed E-state index contributed by atoms with van der Waals surface area (Å²) in [6.07, 6.45) is 3.09. The second-order valence-corrected chi connectivity index (χ2v) is 5.00. The molecule has 1 aromatic rings. The van der Waals surface area contributed by atoms with E-state index >= 15 is 0 Å². The van der Waals surface area contributed by atoms with E-state index in [9.17, 15) is 9.18 Å². The molecule has 2 atom stereocenters. The second-order valence-electron chi connectivity index (χ2n) is 4.59. The standard InChI is InChI=1S/C13H15ClFNO/c14-10-6-8(4-5-11(10)15)7-13(17)9-2-1-3-12(9)16/h4-6,9,12H,1-3,7,16H2. The molecular formula is C13H15ClFNO. The van der Waals surface area contributed by atoms with Gasteiger partial charge in [-0.3, -0.25) is 4.79 Å². The number of ketones is 1. The molecule has 2 rings (SSSR count). The fourth-order valence-corrected chi connectivity index (χ4v) is 2.57. The van der Waals surface area contributed by atoms with Crippen LogP contribution in [0, 0.1) is 11.7 Å². The molecule has 2 unspecified atom stereocenters. The van der Waals surface area contributed by atoms with Gasteiger partial charge in [-0.15, -0.1) is 0 Å². The van der Waals surface area contributed by atoms with E-state index in [1.165, 1.54) is 12.1 Å². The molecule has 1 aromatic carbocycles. The topological polar surface area (TPSA) is 43.1 Å². The average molecular weight is 256 g/mol. The van der Waals surface area contributed by atoms with Gasteiger partial charge in [0.15, 0.2) is 0 Å². The first-order chi connectivity index (χ1) is 8.08. The molecule has 0 amide bonds. The number of nitrogens with two attached hydrogens (primary N) is 1. The van der Waals surface area contributed by atoms with Crippen molar-refractivity contribution >= 4 is 17.4 Å². The van der Waals surface area contributed by atoms with Gasteiger partial charge in [0.25, 0.3) is 0 Å². The summed E-state index contributed by atoms with van der Waals surface area (Å²) in [5, 5.41) is 0.0611. The summed E-state index contributed by atoms with van der Waals surface area (Å²) in [5.74, 6) is -0.364. The van der Waals surface area contributed by atoms with Crippen molar-refractivity contribution in [1.82, 2.24) is 0 Å². The van der Waals surface area contributed by atoms with Crippen LogP contribution in [-0.4, -0.2) is 11.8 Å². The van der Waals surface area contributed by atoms with Crippen LogP contribution in [0.15, 0.2) is 18.2 Å². The van der Waals surface area contributed by atoms with Crippen LogP contribution in [0.5, 0.6) is 0 Å². The molecule has 0 aliphatic heterocycles. The van der Waals surface area contributed by atoms with Gasteiger partial charge in [0.1, 0.15) is 11.6 Å². The lowest BCUT2D eigenvalue weighted by molar-refractivity contribution is -0.122. The predicted octanol–water partition coefficient (Wildman–Crippen LogP) is 2.72. The van der Waals surface area contributed by atoms with Gasteiger partial charge in [-0.25, -0.2) is 4.39 Å². The molecule has 92 valence electrons. The third-order valence-electron chi connectivity index (χ3n) is 3.35. The summed E-state index contributed by atoms with van der Waals surface area (Å²) in [7, 11) is 0. The Morgan fingerprint density at radius 2 is 2.24 bits per heavy atom. The van der Waals surface area contributed by atoms with Crippen molar-refractivity contribution in [2.45, 2.75) is 31.7 Å². The van der Waals surface area contributed by atoms with E-state index in [1.807, 2.05) is 0 Å². The van der Waals surface area contributed by atoms with Crippen molar-refractivity contribution in [1.29, 1.82) is 0 Å². The Labute approximate surface area is 105 Å². The minimum Gasteiger partial charge on any atom is -0.327 e. The van der Waals surface area contributed by atoms with E-state index in [2.05, 4.69) is 0 Å². The SMILES string of the molecule is NC1CCCC1C(=O)Cc1ccc(F)c(Cl)c1. The summed E-state index contributed by atoms with van der Waals surface area (Å²) in [6.45, 7) is 0. The Morgan fingerprint density at radius 3 is 2.82 bits per heavy atom. The van der Waals surface area contributed by atoms with Crippen LogP contribution in [0.4, 0.5) is 4.39 Å². The van der Waals surface area contributed by atoms with E-state index in [0.717, 1.165) is 24.8 Å². The fraction of sp³-hybridized carbons (Fsp3) is 0.462. The summed E-state index contributed by atoms with van der Waals surface area (Å²) in [5.41, 5.74) is 6.63. The van der Waals surface area contributed by atoms with Crippen molar-refractivity contribution in [2.75, 3.05) is 0 Å². The van der Waals surface area contributed by atoms with Crippen molar-refractivity contribution in [3.63, 3.8) is 0 Å². The Hall–Kier alpha value is -0.930. The first kappa shape index (κ1) is 12.5. The molecule has 0 heterocycles. The lowest BCUT2D eigenvalue weighted by Gasteiger charge is -2.13. The third kappa shape index (κ3) is 2.85. The highest BCUT2D eigenvalue weighted by atomic mass is 35.5. The van der Waals surface area contributed by atoms with Crippen LogP contribution in [-0.2, 0) is 11.2 Å². The highest BCUT2D eigenvalue weighted by Crippen LogP contribution is 2.26. The molecule has 0 radical (unpaired) electrons. The minimum absolute atomic E-state index is 0.0154. The van der Waals surface area contributed by atoms with Crippen LogP contribution in [0.25, 0.3) is 0 Å². The maximum absolute atomic E-state index is 13.0. The van der Waals surface area contributed by atoms with Crippen LogP contribution < -0.4 is 5.73 Å². The quantitative estimate of drug-likeness (QED) is 0.903. The average Bonchev–Trinajstić information content (AvgIpc) is 2.70. The Balaban J connectivity index is 2.05. The van der Waals surface area contributed by atoms with Crippen LogP contribution in [0.1, 0.15) is 24.8 Å². The van der Waals surface area contributed by atoms with Crippen molar-refractivity contribution < 1.29 is 9.18 Å². The molecule has 1 fully saturated rings. The van der Waals surface area contributed by atoms with Crippen molar-refractivity contribution in [3.05, 3.63) is 34.6 Å². The van der Waals surface area contributed by atoms with Crippen LogP contribution >= 0.6 is 11.6 Å². The Bertz CT molecular complexity index is 435. The van der Waals surface area contributed by atoms with Gasteiger partial charge >= 0.3 is 0 Å². The van der Waals surface area contributed by atoms with Gasteiger partial charge in [-0.1, -0.05) is 24.1 Å². The molecule has 0 aromatic heterocycles. The van der Waals surface area contributed by atoms with Gasteiger partial charge in [0, 0.05) is 18.4 Å². The molecule has 2 nitrogen and oxygen atoms in total. The van der Waals surface area contributed by atoms with Gasteiger partial charge in [-0.2, -0.15) is 0 Å². The second kappa shape index (κ2) is 5.15. The molecule has 0 bridgehead atoms. The van der Waals surface area contributed by atoms with Gasteiger partial charge in [0.05, 0.1) is 5.02 Å². The van der Waals surface area contributed by atoms with E-state index in [1.54, 1.807) is 6.07 Å². The minimum atomic E-state index is -0.458. The number of carbonyl (C=O) groups excluding carboxylic acids is 1. The Kier molecular flexibility index (Phi) is 3.79. The molecule has 1 saturated carbocycles. The number of benzene rings is 1. The van der Waals surface area contributed by atoms with Gasteiger partial charge in [-0.05, 0) is 30.5 Å². The van der Waals surface area contributed by atoms with Gasteiger partial charge < -0.3 is 5.73 Å². The first-order valence-corrected chi connectivity index (χ1v) is 6.18. The zero-order valence-electron chi connectivity index (χ0n) is 9.46. The molecule has 1 aliphatic rings. The smallest absolute Gasteiger partial charge is 0.141 e. The number of hydrogen-bond acceptors (Lipinski definition) is 2. The number of Topliss-reactive ketones (excluding diaryl/α,β-unsaturated/α-hetero) is 1. The van der Waals surface area contributed by atoms with Gasteiger partial charge in [0.2, 0.25) is 0 Å². The molecule has 2 N–H and O–H groups in total. The highest BCUT2D eigenvalue weighted by molar-refractivity contribution is 6.30. The number of halogens is 2. The van der Waals surface area contributed by atoms with E-state index in [0.29, 0.717) is 6.42 Å². The largest absolute Gasteiger partial charge is 0.327 e. The third-order valence-corrected chi connectivity index (χ3v) is 3.63.